The van der Waals surface area contributed by atoms with Crippen LogP contribution in [0.5, 0.6) is 5.75 Å². The van der Waals surface area contributed by atoms with Crippen LogP contribution in [-0.2, 0) is 16.1 Å². The highest BCUT2D eigenvalue weighted by Gasteiger charge is 2.53. The molecule has 3 N–H and O–H groups in total. The van der Waals surface area contributed by atoms with E-state index in [0.717, 1.165) is 37.0 Å². The first-order valence-electron chi connectivity index (χ1n) is 13.2. The second-order valence-corrected chi connectivity index (χ2v) is 12.5. The van der Waals surface area contributed by atoms with Crippen LogP contribution in [0.15, 0.2) is 24.3 Å². The number of aliphatic hydroxyl groups excluding tert-OH is 1. The van der Waals surface area contributed by atoms with Crippen molar-refractivity contribution in [1.29, 1.82) is 0 Å². The number of ether oxygens (including phenoxy) is 1. The number of benzene rings is 1. The fourth-order valence-electron chi connectivity index (χ4n) is 6.53. The van der Waals surface area contributed by atoms with Crippen molar-refractivity contribution in [2.45, 2.75) is 92.3 Å². The van der Waals surface area contributed by atoms with Crippen molar-refractivity contribution < 1.29 is 19.4 Å². The van der Waals surface area contributed by atoms with Crippen molar-refractivity contribution in [2.75, 3.05) is 7.11 Å². The van der Waals surface area contributed by atoms with Gasteiger partial charge in [-0.25, -0.2) is 0 Å². The third-order valence-corrected chi connectivity index (χ3v) is 8.61. The maximum absolute atomic E-state index is 13.0. The highest BCUT2D eigenvalue weighted by molar-refractivity contribution is 5.78. The Kier molecular flexibility index (Phi) is 8.56. The molecule has 0 saturated heterocycles. The second kappa shape index (κ2) is 10.9. The third-order valence-electron chi connectivity index (χ3n) is 8.61. The van der Waals surface area contributed by atoms with E-state index in [1.807, 2.05) is 31.2 Å². The van der Waals surface area contributed by atoms with Crippen LogP contribution in [0.4, 0.5) is 0 Å². The smallest absolute Gasteiger partial charge is 0.223 e. The van der Waals surface area contributed by atoms with E-state index in [-0.39, 0.29) is 52.4 Å². The van der Waals surface area contributed by atoms with Crippen molar-refractivity contribution in [3.63, 3.8) is 0 Å². The van der Waals surface area contributed by atoms with Crippen LogP contribution >= 0.6 is 0 Å². The minimum atomic E-state index is -0.562. The summed E-state index contributed by atoms with van der Waals surface area (Å²) in [5.74, 6) is 0.706. The highest BCUT2D eigenvalue weighted by Crippen LogP contribution is 2.55. The zero-order chi connectivity index (χ0) is 26.0. The molecule has 2 fully saturated rings. The van der Waals surface area contributed by atoms with Crippen molar-refractivity contribution in [3.8, 4) is 5.75 Å². The molecule has 3 rings (SSSR count). The van der Waals surface area contributed by atoms with Crippen LogP contribution in [-0.4, -0.2) is 36.2 Å². The lowest BCUT2D eigenvalue weighted by Crippen LogP contribution is -2.58. The Morgan fingerprint density at radius 2 is 1.80 bits per heavy atom. The summed E-state index contributed by atoms with van der Waals surface area (Å²) in [6.07, 6.45) is 3.72. The molecule has 0 radical (unpaired) electrons. The highest BCUT2D eigenvalue weighted by atomic mass is 16.5. The minimum Gasteiger partial charge on any atom is -0.497 e. The number of rotatable bonds is 7. The summed E-state index contributed by atoms with van der Waals surface area (Å²) >= 11 is 0. The lowest BCUT2D eigenvalue weighted by atomic mass is 9.51. The molecule has 1 aromatic rings. The topological polar surface area (TPSA) is 87.7 Å². The molecule has 2 saturated carbocycles. The molecule has 6 nitrogen and oxygen atoms in total. The molecule has 0 bridgehead atoms. The van der Waals surface area contributed by atoms with Gasteiger partial charge in [-0.1, -0.05) is 53.7 Å². The number of amides is 2. The van der Waals surface area contributed by atoms with Crippen molar-refractivity contribution >= 4 is 11.8 Å². The van der Waals surface area contributed by atoms with Crippen LogP contribution in [0, 0.1) is 34.5 Å². The van der Waals surface area contributed by atoms with Crippen molar-refractivity contribution in [3.05, 3.63) is 29.8 Å². The molecule has 0 aromatic heterocycles. The van der Waals surface area contributed by atoms with Crippen LogP contribution in [0.25, 0.3) is 0 Å². The van der Waals surface area contributed by atoms with Gasteiger partial charge in [0.25, 0.3) is 0 Å². The van der Waals surface area contributed by atoms with Gasteiger partial charge in [0.1, 0.15) is 5.75 Å². The first-order chi connectivity index (χ1) is 16.3. The standard InChI is InChI=1S/C29H46N2O4/c1-18(27(34)30-17-20-8-10-21(35-7)11-9-20)22-12-14-29(6)15-13-23(19(2)25(29)26(22)33)31-24(32)16-28(3,4)5/h8-11,18-19,22-23,25-26,33H,12-17H2,1-7H3,(H,30,34)(H,31,32)/t18-,19+,22-,23-,25+,26-,29-/m0/s1. The first-order valence-corrected chi connectivity index (χ1v) is 13.2. The Morgan fingerprint density at radius 3 is 2.40 bits per heavy atom. The molecular formula is C29H46N2O4. The average molecular weight is 487 g/mol. The molecule has 6 heteroatoms. The summed E-state index contributed by atoms with van der Waals surface area (Å²) in [6, 6.07) is 7.73. The van der Waals surface area contributed by atoms with Crippen LogP contribution in [0.1, 0.15) is 79.2 Å². The summed E-state index contributed by atoms with van der Waals surface area (Å²) in [7, 11) is 1.63. The second-order valence-electron chi connectivity index (χ2n) is 12.5. The number of carbonyl (C=O) groups is 2. The largest absolute Gasteiger partial charge is 0.497 e. The number of nitrogens with one attached hydrogen (secondary N) is 2. The monoisotopic (exact) mass is 486 g/mol. The maximum Gasteiger partial charge on any atom is 0.223 e. The van der Waals surface area contributed by atoms with Gasteiger partial charge in [0.05, 0.1) is 13.2 Å². The lowest BCUT2D eigenvalue weighted by molar-refractivity contribution is -0.144. The summed E-state index contributed by atoms with van der Waals surface area (Å²) in [6.45, 7) is 13.1. The van der Waals surface area contributed by atoms with Gasteiger partial charge in [0, 0.05) is 24.9 Å². The normalized spacial score (nSPS) is 31.7. The van der Waals surface area contributed by atoms with Crippen LogP contribution in [0.3, 0.4) is 0 Å². The fraction of sp³-hybridized carbons (Fsp3) is 0.724. The van der Waals surface area contributed by atoms with E-state index in [0.29, 0.717) is 13.0 Å². The van der Waals surface area contributed by atoms with Gasteiger partial charge in [0.15, 0.2) is 0 Å². The van der Waals surface area contributed by atoms with E-state index in [2.05, 4.69) is 45.3 Å². The van der Waals surface area contributed by atoms with Crippen LogP contribution < -0.4 is 15.4 Å². The van der Waals surface area contributed by atoms with E-state index in [4.69, 9.17) is 4.74 Å². The summed E-state index contributed by atoms with van der Waals surface area (Å²) < 4.78 is 5.20. The van der Waals surface area contributed by atoms with Crippen molar-refractivity contribution in [2.24, 2.45) is 34.5 Å². The summed E-state index contributed by atoms with van der Waals surface area (Å²) in [5.41, 5.74) is 0.998. The molecule has 2 aliphatic rings. The number of hydrogen-bond donors (Lipinski definition) is 3. The van der Waals surface area contributed by atoms with Gasteiger partial charge in [-0.05, 0) is 72.0 Å². The molecule has 2 amide bonds. The SMILES string of the molecule is COc1ccc(CNC(=O)[C@@H](C)[C@@H]2CC[C@@]3(C)CC[C@H](NC(=O)CC(C)(C)C)[C@@H](C)[C@@H]3[C@H]2O)cc1. The molecule has 2 aliphatic carbocycles. The predicted octanol–water partition coefficient (Wildman–Crippen LogP) is 4.69. The summed E-state index contributed by atoms with van der Waals surface area (Å²) in [5, 5.41) is 17.9. The number of carbonyl (C=O) groups excluding carboxylic acids is 2. The fourth-order valence-corrected chi connectivity index (χ4v) is 6.53. The molecule has 35 heavy (non-hydrogen) atoms. The van der Waals surface area contributed by atoms with E-state index in [1.165, 1.54) is 0 Å². The summed E-state index contributed by atoms with van der Waals surface area (Å²) in [4.78, 5) is 25.7. The average Bonchev–Trinajstić information content (AvgIpc) is 2.78. The maximum atomic E-state index is 13.0. The van der Waals surface area contributed by atoms with E-state index in [9.17, 15) is 14.7 Å². The number of aliphatic hydroxyl groups is 1. The first kappa shape index (κ1) is 27.5. The Hall–Kier alpha value is -2.08. The van der Waals surface area contributed by atoms with Gasteiger partial charge in [0.2, 0.25) is 11.8 Å². The molecular weight excluding hydrogens is 440 g/mol. The Balaban J connectivity index is 1.64. The molecule has 0 aliphatic heterocycles. The Morgan fingerprint density at radius 1 is 1.17 bits per heavy atom. The Bertz CT molecular complexity index is 878. The van der Waals surface area contributed by atoms with E-state index < -0.39 is 6.10 Å². The Labute approximate surface area is 211 Å². The molecule has 7 atom stereocenters. The van der Waals surface area contributed by atoms with E-state index in [1.54, 1.807) is 7.11 Å². The quantitative estimate of drug-likeness (QED) is 0.522. The van der Waals surface area contributed by atoms with Gasteiger partial charge >= 0.3 is 0 Å². The van der Waals surface area contributed by atoms with E-state index >= 15 is 0 Å². The molecule has 0 heterocycles. The minimum absolute atomic E-state index is 0.0213. The molecule has 1 aromatic carbocycles. The zero-order valence-corrected chi connectivity index (χ0v) is 22.7. The van der Waals surface area contributed by atoms with Crippen molar-refractivity contribution in [1.82, 2.24) is 10.6 Å². The molecule has 196 valence electrons. The zero-order valence-electron chi connectivity index (χ0n) is 22.7. The molecule has 0 unspecified atom stereocenters. The lowest BCUT2D eigenvalue weighted by Gasteiger charge is -2.56. The van der Waals surface area contributed by atoms with Gasteiger partial charge in [-0.3, -0.25) is 9.59 Å². The molecule has 0 spiro atoms. The predicted molar refractivity (Wildman–Crippen MR) is 139 cm³/mol. The number of hydrogen-bond acceptors (Lipinski definition) is 4. The third kappa shape index (κ3) is 6.58. The number of methoxy groups -OCH3 is 1. The number of fused-ring (bicyclic) bond motifs is 1. The van der Waals surface area contributed by atoms with Gasteiger partial charge in [-0.2, -0.15) is 0 Å². The van der Waals surface area contributed by atoms with Gasteiger partial charge in [-0.15, -0.1) is 0 Å². The van der Waals surface area contributed by atoms with Crippen LogP contribution in [0.2, 0.25) is 0 Å². The van der Waals surface area contributed by atoms with Gasteiger partial charge < -0.3 is 20.5 Å².